The number of rotatable bonds is 6. The van der Waals surface area contributed by atoms with Gasteiger partial charge in [0.05, 0.1) is 20.1 Å². The number of hydrogen-bond acceptors (Lipinski definition) is 3. The summed E-state index contributed by atoms with van der Waals surface area (Å²) in [5.41, 5.74) is 0.744. The molecule has 0 aromatic heterocycles. The molecule has 1 atom stereocenters. The van der Waals surface area contributed by atoms with E-state index < -0.39 is 11.9 Å². The molecule has 1 rings (SSSR count). The van der Waals surface area contributed by atoms with Crippen LogP contribution in [0.1, 0.15) is 31.7 Å². The Hall–Kier alpha value is -1.71. The highest BCUT2D eigenvalue weighted by Crippen LogP contribution is 2.33. The number of methoxy groups -OCH3 is 2. The van der Waals surface area contributed by atoms with Crippen LogP contribution in [0.3, 0.4) is 0 Å². The number of carbonyl (C=O) groups is 1. The fourth-order valence-corrected chi connectivity index (χ4v) is 1.92. The highest BCUT2D eigenvalue weighted by Gasteiger charge is 2.22. The number of benzene rings is 1. The molecule has 1 N–H and O–H groups in total. The summed E-state index contributed by atoms with van der Waals surface area (Å²) in [5, 5.41) is 9.29. The van der Waals surface area contributed by atoms with Crippen LogP contribution in [-0.2, 0) is 4.79 Å². The van der Waals surface area contributed by atoms with Gasteiger partial charge in [-0.15, -0.1) is 0 Å². The van der Waals surface area contributed by atoms with Crippen molar-refractivity contribution >= 4 is 5.97 Å². The van der Waals surface area contributed by atoms with Gasteiger partial charge < -0.3 is 14.6 Å². The van der Waals surface area contributed by atoms with Crippen molar-refractivity contribution in [2.75, 3.05) is 14.2 Å². The molecular weight excluding hydrogens is 232 g/mol. The van der Waals surface area contributed by atoms with E-state index in [1.54, 1.807) is 32.4 Å². The Balaban J connectivity index is 3.09. The molecule has 4 nitrogen and oxygen atoms in total. The van der Waals surface area contributed by atoms with Gasteiger partial charge in [-0.1, -0.05) is 19.9 Å². The van der Waals surface area contributed by atoms with Gasteiger partial charge in [-0.2, -0.15) is 0 Å². The van der Waals surface area contributed by atoms with Gasteiger partial charge in [0, 0.05) is 0 Å². The maximum absolute atomic E-state index is 11.3. The maximum Gasteiger partial charge on any atom is 0.310 e. The predicted octanol–water partition coefficient (Wildman–Crippen LogP) is 2.92. The van der Waals surface area contributed by atoms with E-state index in [9.17, 15) is 9.90 Å². The van der Waals surface area contributed by atoms with Crippen LogP contribution < -0.4 is 9.47 Å². The van der Waals surface area contributed by atoms with Crippen molar-refractivity contribution in [2.24, 2.45) is 5.92 Å². The molecule has 1 aromatic rings. The van der Waals surface area contributed by atoms with E-state index in [-0.39, 0.29) is 0 Å². The van der Waals surface area contributed by atoms with Gasteiger partial charge in [-0.05, 0) is 30.0 Å². The molecule has 0 bridgehead atoms. The highest BCUT2D eigenvalue weighted by atomic mass is 16.5. The summed E-state index contributed by atoms with van der Waals surface area (Å²) in [6.45, 7) is 4.02. The normalized spacial score (nSPS) is 12.3. The Morgan fingerprint density at radius 1 is 1.22 bits per heavy atom. The molecule has 0 heterocycles. The van der Waals surface area contributed by atoms with Crippen molar-refractivity contribution in [3.05, 3.63) is 23.8 Å². The number of carboxylic acids is 1. The largest absolute Gasteiger partial charge is 0.493 e. The first-order valence-corrected chi connectivity index (χ1v) is 5.94. The second-order valence-corrected chi connectivity index (χ2v) is 4.63. The van der Waals surface area contributed by atoms with Gasteiger partial charge in [-0.25, -0.2) is 0 Å². The molecule has 0 aliphatic carbocycles. The summed E-state index contributed by atoms with van der Waals surface area (Å²) in [6, 6.07) is 5.26. The molecule has 0 aliphatic rings. The standard InChI is InChI=1S/C14H20O4/c1-9(2)7-11(14(15)16)10-5-6-12(17-3)13(8-10)18-4/h5-6,8-9,11H,7H2,1-4H3,(H,15,16). The zero-order chi connectivity index (χ0) is 13.7. The fourth-order valence-electron chi connectivity index (χ4n) is 1.92. The summed E-state index contributed by atoms with van der Waals surface area (Å²) in [5.74, 6) is 0.167. The van der Waals surface area contributed by atoms with Crippen molar-refractivity contribution in [1.82, 2.24) is 0 Å². The van der Waals surface area contributed by atoms with Crippen LogP contribution in [0.25, 0.3) is 0 Å². The molecule has 4 heteroatoms. The van der Waals surface area contributed by atoms with E-state index in [4.69, 9.17) is 9.47 Å². The summed E-state index contributed by atoms with van der Waals surface area (Å²) < 4.78 is 10.3. The Kier molecular flexibility index (Phi) is 5.01. The van der Waals surface area contributed by atoms with Gasteiger partial charge in [0.25, 0.3) is 0 Å². The van der Waals surface area contributed by atoms with Crippen LogP contribution in [0.5, 0.6) is 11.5 Å². The van der Waals surface area contributed by atoms with Crippen LogP contribution in [-0.4, -0.2) is 25.3 Å². The molecule has 1 aromatic carbocycles. The summed E-state index contributed by atoms with van der Waals surface area (Å²) >= 11 is 0. The lowest BCUT2D eigenvalue weighted by Crippen LogP contribution is -2.14. The van der Waals surface area contributed by atoms with Crippen molar-refractivity contribution in [3.63, 3.8) is 0 Å². The monoisotopic (exact) mass is 252 g/mol. The second kappa shape index (κ2) is 6.28. The minimum absolute atomic E-state index is 0.319. The van der Waals surface area contributed by atoms with E-state index in [2.05, 4.69) is 0 Å². The third-order valence-electron chi connectivity index (χ3n) is 2.82. The second-order valence-electron chi connectivity index (χ2n) is 4.63. The number of aliphatic carboxylic acids is 1. The smallest absolute Gasteiger partial charge is 0.310 e. The quantitative estimate of drug-likeness (QED) is 0.845. The van der Waals surface area contributed by atoms with Gasteiger partial charge >= 0.3 is 5.97 Å². The van der Waals surface area contributed by atoms with Crippen LogP contribution >= 0.6 is 0 Å². The Morgan fingerprint density at radius 3 is 2.28 bits per heavy atom. The third-order valence-corrected chi connectivity index (χ3v) is 2.82. The minimum atomic E-state index is -0.809. The van der Waals surface area contributed by atoms with Crippen molar-refractivity contribution < 1.29 is 19.4 Å². The number of hydrogen-bond donors (Lipinski definition) is 1. The molecule has 0 saturated carbocycles. The molecule has 0 amide bonds. The SMILES string of the molecule is COc1ccc(C(CC(C)C)C(=O)O)cc1OC. The molecule has 18 heavy (non-hydrogen) atoms. The predicted molar refractivity (Wildman–Crippen MR) is 69.4 cm³/mol. The van der Waals surface area contributed by atoms with E-state index in [1.807, 2.05) is 13.8 Å². The zero-order valence-corrected chi connectivity index (χ0v) is 11.3. The average molecular weight is 252 g/mol. The van der Waals surface area contributed by atoms with Crippen LogP contribution in [0.4, 0.5) is 0 Å². The number of carboxylic acid groups (broad SMARTS) is 1. The molecule has 0 spiro atoms. The van der Waals surface area contributed by atoms with Gasteiger partial charge in [0.15, 0.2) is 11.5 Å². The summed E-state index contributed by atoms with van der Waals surface area (Å²) in [6.07, 6.45) is 0.602. The molecular formula is C14H20O4. The van der Waals surface area contributed by atoms with Crippen molar-refractivity contribution in [3.8, 4) is 11.5 Å². The molecule has 0 aliphatic heterocycles. The lowest BCUT2D eigenvalue weighted by atomic mass is 9.90. The molecule has 0 radical (unpaired) electrons. The summed E-state index contributed by atoms with van der Waals surface area (Å²) in [4.78, 5) is 11.3. The lowest BCUT2D eigenvalue weighted by Gasteiger charge is -2.17. The Morgan fingerprint density at radius 2 is 1.83 bits per heavy atom. The fraction of sp³-hybridized carbons (Fsp3) is 0.500. The number of ether oxygens (including phenoxy) is 2. The van der Waals surface area contributed by atoms with Crippen LogP contribution in [0, 0.1) is 5.92 Å². The van der Waals surface area contributed by atoms with Crippen LogP contribution in [0.15, 0.2) is 18.2 Å². The van der Waals surface area contributed by atoms with Gasteiger partial charge in [-0.3, -0.25) is 4.79 Å². The minimum Gasteiger partial charge on any atom is -0.493 e. The van der Waals surface area contributed by atoms with E-state index >= 15 is 0 Å². The lowest BCUT2D eigenvalue weighted by molar-refractivity contribution is -0.139. The Labute approximate surface area is 108 Å². The van der Waals surface area contributed by atoms with Gasteiger partial charge in [0.2, 0.25) is 0 Å². The summed E-state index contributed by atoms with van der Waals surface area (Å²) in [7, 11) is 3.10. The molecule has 1 unspecified atom stereocenters. The van der Waals surface area contributed by atoms with Gasteiger partial charge in [0.1, 0.15) is 0 Å². The first kappa shape index (κ1) is 14.4. The maximum atomic E-state index is 11.3. The first-order chi connectivity index (χ1) is 8.49. The molecule has 0 fully saturated rings. The van der Waals surface area contributed by atoms with E-state index in [0.717, 1.165) is 5.56 Å². The molecule has 0 saturated heterocycles. The van der Waals surface area contributed by atoms with Crippen molar-refractivity contribution in [2.45, 2.75) is 26.2 Å². The van der Waals surface area contributed by atoms with Crippen molar-refractivity contribution in [1.29, 1.82) is 0 Å². The molecule has 100 valence electrons. The van der Waals surface area contributed by atoms with Crippen LogP contribution in [0.2, 0.25) is 0 Å². The average Bonchev–Trinajstić information content (AvgIpc) is 2.34. The topological polar surface area (TPSA) is 55.8 Å². The zero-order valence-electron chi connectivity index (χ0n) is 11.3. The Bertz CT molecular complexity index is 412. The van der Waals surface area contributed by atoms with E-state index in [1.165, 1.54) is 0 Å². The third kappa shape index (κ3) is 3.39. The first-order valence-electron chi connectivity index (χ1n) is 5.94. The highest BCUT2D eigenvalue weighted by molar-refractivity contribution is 5.76. The van der Waals surface area contributed by atoms with E-state index in [0.29, 0.717) is 23.8 Å².